The number of rotatable bonds is 4. The van der Waals surface area contributed by atoms with Crippen LogP contribution in [-0.4, -0.2) is 16.4 Å². The molecule has 0 aliphatic rings. The zero-order valence-electron chi connectivity index (χ0n) is 9.49. The van der Waals surface area contributed by atoms with Gasteiger partial charge in [0, 0.05) is 0 Å². The average Bonchev–Trinajstić information content (AvgIpc) is 2.23. The quantitative estimate of drug-likeness (QED) is 0.609. The van der Waals surface area contributed by atoms with Crippen LogP contribution in [0.2, 0.25) is 0 Å². The maximum absolute atomic E-state index is 10.5. The third kappa shape index (κ3) is 2.89. The van der Waals surface area contributed by atoms with Gasteiger partial charge in [-0.1, -0.05) is 25.5 Å². The minimum atomic E-state index is -1.41. The first-order chi connectivity index (χ1) is 7.56. The van der Waals surface area contributed by atoms with Crippen molar-refractivity contribution in [3.63, 3.8) is 0 Å². The van der Waals surface area contributed by atoms with Gasteiger partial charge >= 0.3 is 6.16 Å². The molecule has 0 radical (unpaired) electrons. The van der Waals surface area contributed by atoms with Gasteiger partial charge in [0.2, 0.25) is 0 Å². The fourth-order valence-corrected chi connectivity index (χ4v) is 1.50. The van der Waals surface area contributed by atoms with Crippen molar-refractivity contribution in [2.45, 2.75) is 33.1 Å². The fraction of sp³-hybridized carbons (Fsp3) is 0.417. The van der Waals surface area contributed by atoms with Crippen molar-refractivity contribution in [3.8, 4) is 11.5 Å². The van der Waals surface area contributed by atoms with Crippen LogP contribution in [0.15, 0.2) is 12.1 Å². The Morgan fingerprint density at radius 1 is 1.44 bits per heavy atom. The minimum Gasteiger partial charge on any atom is -0.504 e. The smallest absolute Gasteiger partial charge is 0.504 e. The van der Waals surface area contributed by atoms with Crippen molar-refractivity contribution in [1.29, 1.82) is 0 Å². The van der Waals surface area contributed by atoms with Crippen molar-refractivity contribution < 1.29 is 19.7 Å². The molecule has 1 rings (SSSR count). The van der Waals surface area contributed by atoms with Crippen molar-refractivity contribution in [2.75, 3.05) is 0 Å². The highest BCUT2D eigenvalue weighted by Crippen LogP contribution is 2.34. The van der Waals surface area contributed by atoms with E-state index in [1.165, 1.54) is 0 Å². The normalized spacial score (nSPS) is 10.1. The second-order valence-corrected chi connectivity index (χ2v) is 3.69. The molecule has 0 unspecified atom stereocenters. The number of hydrogen-bond donors (Lipinski definition) is 2. The first-order valence-corrected chi connectivity index (χ1v) is 5.28. The van der Waals surface area contributed by atoms with Gasteiger partial charge in [-0.3, -0.25) is 0 Å². The highest BCUT2D eigenvalue weighted by atomic mass is 16.7. The number of aryl methyl sites for hydroxylation is 2. The molecule has 4 heteroatoms. The Hall–Kier alpha value is -1.71. The standard InChI is InChI=1S/C12H16O4/c1-3-4-5-9-7-6-8(2)11(10(9)13)16-12(14)15/h6-7,13H,3-5H2,1-2H3,(H,14,15). The van der Waals surface area contributed by atoms with Crippen LogP contribution in [-0.2, 0) is 6.42 Å². The molecule has 0 aromatic heterocycles. The van der Waals surface area contributed by atoms with Gasteiger partial charge in [-0.25, -0.2) is 4.79 Å². The zero-order valence-corrected chi connectivity index (χ0v) is 9.49. The van der Waals surface area contributed by atoms with Crippen LogP contribution in [0.5, 0.6) is 11.5 Å². The van der Waals surface area contributed by atoms with Gasteiger partial charge in [-0.15, -0.1) is 0 Å². The molecule has 16 heavy (non-hydrogen) atoms. The average molecular weight is 224 g/mol. The Bertz CT molecular complexity index is 385. The molecular formula is C12H16O4. The highest BCUT2D eigenvalue weighted by Gasteiger charge is 2.14. The lowest BCUT2D eigenvalue weighted by Crippen LogP contribution is -2.05. The molecule has 88 valence electrons. The number of aromatic hydroxyl groups is 1. The van der Waals surface area contributed by atoms with Crippen molar-refractivity contribution in [1.82, 2.24) is 0 Å². The van der Waals surface area contributed by atoms with Gasteiger partial charge < -0.3 is 14.9 Å². The Morgan fingerprint density at radius 3 is 2.69 bits per heavy atom. The highest BCUT2D eigenvalue weighted by molar-refractivity contribution is 5.65. The fourth-order valence-electron chi connectivity index (χ4n) is 1.50. The van der Waals surface area contributed by atoms with E-state index < -0.39 is 6.16 Å². The Kier molecular flexibility index (Phi) is 4.17. The Labute approximate surface area is 94.5 Å². The predicted molar refractivity (Wildman–Crippen MR) is 60.1 cm³/mol. The van der Waals surface area contributed by atoms with E-state index >= 15 is 0 Å². The lowest BCUT2D eigenvalue weighted by Gasteiger charge is -2.10. The molecule has 0 bridgehead atoms. The van der Waals surface area contributed by atoms with Crippen LogP contribution in [0.1, 0.15) is 30.9 Å². The first kappa shape index (κ1) is 12.4. The molecule has 0 fully saturated rings. The van der Waals surface area contributed by atoms with E-state index in [0.29, 0.717) is 5.56 Å². The molecule has 0 atom stereocenters. The maximum Gasteiger partial charge on any atom is 0.511 e. The van der Waals surface area contributed by atoms with E-state index in [1.807, 2.05) is 0 Å². The monoisotopic (exact) mass is 224 g/mol. The number of carbonyl (C=O) groups is 1. The molecule has 4 nitrogen and oxygen atoms in total. The summed E-state index contributed by atoms with van der Waals surface area (Å²) in [7, 11) is 0. The van der Waals surface area contributed by atoms with Gasteiger partial charge in [-0.05, 0) is 30.9 Å². The third-order valence-electron chi connectivity index (χ3n) is 2.40. The molecule has 0 saturated carbocycles. The summed E-state index contributed by atoms with van der Waals surface area (Å²) in [5.74, 6) is -0.0167. The summed E-state index contributed by atoms with van der Waals surface area (Å²) in [5.41, 5.74) is 1.34. The molecular weight excluding hydrogens is 208 g/mol. The van der Waals surface area contributed by atoms with Crippen LogP contribution < -0.4 is 4.74 Å². The number of ether oxygens (including phenoxy) is 1. The minimum absolute atomic E-state index is 0.0427. The molecule has 0 saturated heterocycles. The van der Waals surface area contributed by atoms with Gasteiger partial charge in [0.15, 0.2) is 11.5 Å². The van der Waals surface area contributed by atoms with E-state index in [1.54, 1.807) is 19.1 Å². The SMILES string of the molecule is CCCCc1ccc(C)c(OC(=O)O)c1O. The number of hydrogen-bond acceptors (Lipinski definition) is 3. The van der Waals surface area contributed by atoms with Gasteiger partial charge in [0.1, 0.15) is 0 Å². The number of carboxylic acid groups (broad SMARTS) is 1. The summed E-state index contributed by atoms with van der Waals surface area (Å²) >= 11 is 0. The van der Waals surface area contributed by atoms with Crippen molar-refractivity contribution in [2.24, 2.45) is 0 Å². The number of benzene rings is 1. The van der Waals surface area contributed by atoms with E-state index in [4.69, 9.17) is 5.11 Å². The predicted octanol–water partition coefficient (Wildman–Crippen LogP) is 3.10. The van der Waals surface area contributed by atoms with Crippen LogP contribution in [0.3, 0.4) is 0 Å². The third-order valence-corrected chi connectivity index (χ3v) is 2.40. The lowest BCUT2D eigenvalue weighted by atomic mass is 10.0. The van der Waals surface area contributed by atoms with E-state index in [-0.39, 0.29) is 11.5 Å². The van der Waals surface area contributed by atoms with Gasteiger partial charge in [-0.2, -0.15) is 0 Å². The molecule has 0 aliphatic heterocycles. The molecule has 0 amide bonds. The zero-order chi connectivity index (χ0) is 12.1. The van der Waals surface area contributed by atoms with Gasteiger partial charge in [0.05, 0.1) is 0 Å². The molecule has 1 aromatic rings. The van der Waals surface area contributed by atoms with Crippen LogP contribution in [0.25, 0.3) is 0 Å². The second-order valence-electron chi connectivity index (χ2n) is 3.69. The summed E-state index contributed by atoms with van der Waals surface area (Å²) in [6, 6.07) is 3.55. The van der Waals surface area contributed by atoms with Gasteiger partial charge in [0.25, 0.3) is 0 Å². The van der Waals surface area contributed by atoms with Crippen LogP contribution >= 0.6 is 0 Å². The van der Waals surface area contributed by atoms with E-state index in [2.05, 4.69) is 11.7 Å². The second kappa shape index (κ2) is 5.39. The molecule has 0 heterocycles. The number of phenolic OH excluding ortho intramolecular Hbond substituents is 1. The lowest BCUT2D eigenvalue weighted by molar-refractivity contribution is 0.142. The Morgan fingerprint density at radius 2 is 2.12 bits per heavy atom. The number of phenols is 1. The summed E-state index contributed by atoms with van der Waals surface area (Å²) in [6.45, 7) is 3.75. The molecule has 0 aliphatic carbocycles. The topological polar surface area (TPSA) is 66.8 Å². The number of unbranched alkanes of at least 4 members (excludes halogenated alkanes) is 1. The summed E-state index contributed by atoms with van der Waals surface area (Å²) in [6.07, 6.45) is 1.27. The Balaban J connectivity index is 3.01. The van der Waals surface area contributed by atoms with Crippen molar-refractivity contribution >= 4 is 6.16 Å². The largest absolute Gasteiger partial charge is 0.511 e. The molecule has 1 aromatic carbocycles. The van der Waals surface area contributed by atoms with Crippen LogP contribution in [0.4, 0.5) is 4.79 Å². The van der Waals surface area contributed by atoms with Crippen LogP contribution in [0, 0.1) is 6.92 Å². The van der Waals surface area contributed by atoms with Crippen molar-refractivity contribution in [3.05, 3.63) is 23.3 Å². The summed E-state index contributed by atoms with van der Waals surface area (Å²) in [5, 5.41) is 18.4. The van der Waals surface area contributed by atoms with E-state index in [9.17, 15) is 9.90 Å². The maximum atomic E-state index is 10.5. The first-order valence-electron chi connectivity index (χ1n) is 5.28. The summed E-state index contributed by atoms with van der Waals surface area (Å²) in [4.78, 5) is 10.5. The summed E-state index contributed by atoms with van der Waals surface area (Å²) < 4.78 is 4.56. The van der Waals surface area contributed by atoms with E-state index in [0.717, 1.165) is 24.8 Å². The molecule has 2 N–H and O–H groups in total. The molecule has 0 spiro atoms.